The fourth-order valence-electron chi connectivity index (χ4n) is 8.29. The molecular formula is C41H82O6P2+2. The third kappa shape index (κ3) is 16.7. The van der Waals surface area contributed by atoms with Gasteiger partial charge in [0.1, 0.15) is 12.3 Å². The summed E-state index contributed by atoms with van der Waals surface area (Å²) in [5, 5.41) is 0. The van der Waals surface area contributed by atoms with Crippen molar-refractivity contribution in [1.29, 1.82) is 0 Å². The molecule has 2 aliphatic heterocycles. The Balaban J connectivity index is 1.15. The predicted octanol–water partition coefficient (Wildman–Crippen LogP) is 14.7. The minimum Gasteiger partial charge on any atom is -0.192 e. The van der Waals surface area contributed by atoms with Crippen molar-refractivity contribution in [1.82, 2.24) is 0 Å². The Kier molecular flexibility index (Phi) is 23.0. The van der Waals surface area contributed by atoms with E-state index in [1.165, 1.54) is 180 Å². The summed E-state index contributed by atoms with van der Waals surface area (Å²) in [4.78, 5) is 22.7. The zero-order valence-corrected chi connectivity index (χ0v) is 34.4. The molecule has 0 bridgehead atoms. The van der Waals surface area contributed by atoms with Crippen LogP contribution in [0.15, 0.2) is 0 Å². The zero-order chi connectivity index (χ0) is 35.0. The van der Waals surface area contributed by atoms with E-state index in [0.29, 0.717) is 25.2 Å². The number of hydrogen-bond donors (Lipinski definition) is 2. The Morgan fingerprint density at radius 3 is 0.776 bits per heavy atom. The monoisotopic (exact) mass is 733 g/mol. The second-order valence-electron chi connectivity index (χ2n) is 16.1. The highest BCUT2D eigenvalue weighted by Gasteiger charge is 2.89. The molecule has 0 spiro atoms. The average molecular weight is 733 g/mol. The molecule has 0 unspecified atom stereocenters. The molecule has 3 fully saturated rings. The molecule has 6 nitrogen and oxygen atoms in total. The van der Waals surface area contributed by atoms with Gasteiger partial charge in [-0.25, -0.2) is 0 Å². The van der Waals surface area contributed by atoms with Gasteiger partial charge >= 0.3 is 27.5 Å². The van der Waals surface area contributed by atoms with E-state index in [1.54, 1.807) is 0 Å². The van der Waals surface area contributed by atoms with Crippen LogP contribution in [-0.4, -0.2) is 33.7 Å². The highest BCUT2D eigenvalue weighted by Crippen LogP contribution is 2.84. The van der Waals surface area contributed by atoms with Crippen LogP contribution in [0.5, 0.6) is 0 Å². The lowest BCUT2D eigenvalue weighted by Gasteiger charge is -2.19. The molecule has 0 aromatic carbocycles. The van der Waals surface area contributed by atoms with Crippen LogP contribution in [0.2, 0.25) is 0 Å². The van der Waals surface area contributed by atoms with Crippen LogP contribution in [-0.2, 0) is 18.1 Å². The standard InChI is InChI=1S/C41H82O6P2/c1-3-5-7-9-11-13-15-17-19-21-23-25-27-29-31-33-38-48(42)44-40-36-35-37-41(40,45-48)47-49(43,46-40)39-34-32-30-28-26-24-22-20-18-16-14-12-10-8-6-4-2/h42-43H,3-39H2,1-2H3/q+2. The third-order valence-electron chi connectivity index (χ3n) is 11.3. The van der Waals surface area contributed by atoms with E-state index >= 15 is 0 Å². The molecule has 0 atom stereocenters. The van der Waals surface area contributed by atoms with Crippen molar-refractivity contribution in [2.45, 2.75) is 250 Å². The maximum absolute atomic E-state index is 11.3. The van der Waals surface area contributed by atoms with Crippen molar-refractivity contribution in [3.8, 4) is 0 Å². The minimum atomic E-state index is -3.05. The van der Waals surface area contributed by atoms with E-state index in [2.05, 4.69) is 13.8 Å². The lowest BCUT2D eigenvalue weighted by atomic mass is 10.0. The van der Waals surface area contributed by atoms with Crippen LogP contribution < -0.4 is 0 Å². The largest absolute Gasteiger partial charge is 0.415 e. The summed E-state index contributed by atoms with van der Waals surface area (Å²) in [5.74, 6) is -2.22. The second kappa shape index (κ2) is 25.6. The van der Waals surface area contributed by atoms with Crippen LogP contribution in [0.3, 0.4) is 0 Å². The molecule has 3 rings (SSSR count). The molecule has 0 radical (unpaired) electrons. The van der Waals surface area contributed by atoms with Crippen molar-refractivity contribution < 1.29 is 27.9 Å². The molecular weight excluding hydrogens is 650 g/mol. The maximum Gasteiger partial charge on any atom is 0.415 e. The Bertz CT molecular complexity index is 737. The Hall–Kier alpha value is 0.620. The van der Waals surface area contributed by atoms with E-state index in [-0.39, 0.29) is 0 Å². The van der Waals surface area contributed by atoms with Crippen molar-refractivity contribution in [3.05, 3.63) is 0 Å². The van der Waals surface area contributed by atoms with Crippen molar-refractivity contribution in [2.75, 3.05) is 12.3 Å². The molecule has 0 amide bonds. The molecule has 0 aromatic heterocycles. The Morgan fingerprint density at radius 2 is 0.551 bits per heavy atom. The van der Waals surface area contributed by atoms with Gasteiger partial charge in [-0.2, -0.15) is 9.79 Å². The first-order chi connectivity index (χ1) is 23.9. The van der Waals surface area contributed by atoms with Crippen LogP contribution in [0.4, 0.5) is 0 Å². The smallest absolute Gasteiger partial charge is 0.192 e. The molecule has 49 heavy (non-hydrogen) atoms. The minimum absolute atomic E-state index is 0.525. The Morgan fingerprint density at radius 1 is 0.347 bits per heavy atom. The fraction of sp³-hybridized carbons (Fsp3) is 1.00. The topological polar surface area (TPSA) is 77.4 Å². The molecule has 2 saturated heterocycles. The number of unbranched alkanes of at least 4 members (excludes halogenated alkanes) is 30. The van der Waals surface area contributed by atoms with Gasteiger partial charge in [-0.05, 0) is 32.1 Å². The molecule has 290 valence electrons. The summed E-state index contributed by atoms with van der Waals surface area (Å²) >= 11 is 0. The van der Waals surface area contributed by atoms with Crippen molar-refractivity contribution in [3.63, 3.8) is 0 Å². The quantitative estimate of drug-likeness (QED) is 0.0507. The van der Waals surface area contributed by atoms with Crippen LogP contribution >= 0.6 is 15.9 Å². The van der Waals surface area contributed by atoms with Gasteiger partial charge in [-0.3, -0.25) is 0 Å². The average Bonchev–Trinajstić information content (AvgIpc) is 3.58. The lowest BCUT2D eigenvalue weighted by Crippen LogP contribution is -2.44. The van der Waals surface area contributed by atoms with Crippen LogP contribution in [0, 0.1) is 0 Å². The molecule has 3 aliphatic rings. The highest BCUT2D eigenvalue weighted by atomic mass is 31.2. The van der Waals surface area contributed by atoms with Gasteiger partial charge in [0.25, 0.3) is 0 Å². The maximum atomic E-state index is 11.3. The first-order valence-corrected chi connectivity index (χ1v) is 25.5. The summed E-state index contributed by atoms with van der Waals surface area (Å²) in [6.07, 6.45) is 45.5. The SMILES string of the molecule is CCCCCCCCCCCCCCCCCC[P+]1(O)OC23CCCC2(O1)O[P+](O)(CCCCCCCCCCCCCCCCCC)O3. The van der Waals surface area contributed by atoms with Crippen LogP contribution in [0.1, 0.15) is 239 Å². The number of hydrogen-bond acceptors (Lipinski definition) is 6. The van der Waals surface area contributed by atoms with Gasteiger partial charge in [0, 0.05) is 12.8 Å². The zero-order valence-electron chi connectivity index (χ0n) is 32.6. The van der Waals surface area contributed by atoms with Gasteiger partial charge < -0.3 is 0 Å². The Labute approximate surface area is 305 Å². The molecule has 2 heterocycles. The molecule has 2 N–H and O–H groups in total. The van der Waals surface area contributed by atoms with Gasteiger partial charge in [0.15, 0.2) is 0 Å². The van der Waals surface area contributed by atoms with Crippen LogP contribution in [0.25, 0.3) is 0 Å². The fourth-order valence-corrected chi connectivity index (χ4v) is 13.0. The van der Waals surface area contributed by atoms with Gasteiger partial charge in [-0.1, -0.05) is 194 Å². The predicted molar refractivity (Wildman–Crippen MR) is 211 cm³/mol. The van der Waals surface area contributed by atoms with Crippen molar-refractivity contribution in [2.24, 2.45) is 0 Å². The third-order valence-corrected chi connectivity index (χ3v) is 15.4. The van der Waals surface area contributed by atoms with E-state index in [1.807, 2.05) is 0 Å². The summed E-state index contributed by atoms with van der Waals surface area (Å²) in [7, 11) is -6.09. The first-order valence-electron chi connectivity index (χ1n) is 22.0. The van der Waals surface area contributed by atoms with Gasteiger partial charge in [-0.15, -0.1) is 18.1 Å². The van der Waals surface area contributed by atoms with E-state index < -0.39 is 27.5 Å². The van der Waals surface area contributed by atoms with Crippen molar-refractivity contribution >= 4 is 15.9 Å². The van der Waals surface area contributed by atoms with Gasteiger partial charge in [0.05, 0.1) is 0 Å². The van der Waals surface area contributed by atoms with E-state index in [0.717, 1.165) is 32.1 Å². The lowest BCUT2D eigenvalue weighted by molar-refractivity contribution is -0.197. The normalized spacial score (nSPS) is 27.7. The summed E-state index contributed by atoms with van der Waals surface area (Å²) < 4.78 is 25.2. The summed E-state index contributed by atoms with van der Waals surface area (Å²) in [6.45, 7) is 4.57. The van der Waals surface area contributed by atoms with E-state index in [9.17, 15) is 9.79 Å². The van der Waals surface area contributed by atoms with Gasteiger partial charge in [0.2, 0.25) is 0 Å². The highest BCUT2D eigenvalue weighted by molar-refractivity contribution is 7.62. The second-order valence-corrected chi connectivity index (χ2v) is 20.2. The van der Waals surface area contributed by atoms with E-state index in [4.69, 9.17) is 18.1 Å². The molecule has 1 saturated carbocycles. The molecule has 0 aromatic rings. The summed E-state index contributed by atoms with van der Waals surface area (Å²) in [5.41, 5.74) is 0. The molecule has 1 aliphatic carbocycles. The first kappa shape index (κ1) is 44.0. The number of rotatable bonds is 34. The summed E-state index contributed by atoms with van der Waals surface area (Å²) in [6, 6.07) is 0. The molecule has 8 heteroatoms.